The second kappa shape index (κ2) is 14.5. The minimum atomic E-state index is -0.361. The molecule has 9 rings (SSSR count). The lowest BCUT2D eigenvalue weighted by molar-refractivity contribution is 0.510. The first-order valence-electron chi connectivity index (χ1n) is 19.2. The predicted octanol–water partition coefficient (Wildman–Crippen LogP) is 13.1. The van der Waals surface area contributed by atoms with Crippen molar-refractivity contribution in [2.24, 2.45) is 5.73 Å². The Kier molecular flexibility index (Phi) is 9.07. The molecule has 0 heterocycles. The first-order chi connectivity index (χ1) is 26.9. The lowest BCUT2D eigenvalue weighted by Crippen LogP contribution is -2.31. The maximum atomic E-state index is 6.88. The van der Waals surface area contributed by atoms with Crippen molar-refractivity contribution in [1.82, 2.24) is 5.32 Å². The number of fused-ring (bicyclic) bond motifs is 4. The highest BCUT2D eigenvalue weighted by Crippen LogP contribution is 2.53. The Balaban J connectivity index is 1.09. The van der Waals surface area contributed by atoms with Crippen LogP contribution >= 0.6 is 0 Å². The zero-order valence-electron chi connectivity index (χ0n) is 31.3. The number of nitrogens with one attached hydrogen (secondary N) is 1. The van der Waals surface area contributed by atoms with Crippen LogP contribution in [-0.4, -0.2) is 0 Å². The van der Waals surface area contributed by atoms with E-state index in [2.05, 4.69) is 201 Å². The fourth-order valence-corrected chi connectivity index (χ4v) is 8.40. The van der Waals surface area contributed by atoms with Gasteiger partial charge in [-0.25, -0.2) is 0 Å². The molecule has 0 aliphatic heterocycles. The lowest BCUT2D eigenvalue weighted by Gasteiger charge is -2.24. The Morgan fingerprint density at radius 3 is 1.80 bits per heavy atom. The van der Waals surface area contributed by atoms with E-state index in [-0.39, 0.29) is 17.6 Å². The van der Waals surface area contributed by atoms with Crippen molar-refractivity contribution >= 4 is 16.8 Å². The summed E-state index contributed by atoms with van der Waals surface area (Å²) in [6.07, 6.45) is 4.12. The molecule has 2 nitrogen and oxygen atoms in total. The van der Waals surface area contributed by atoms with Crippen molar-refractivity contribution in [3.8, 4) is 44.5 Å². The van der Waals surface area contributed by atoms with Crippen molar-refractivity contribution in [3.63, 3.8) is 0 Å². The van der Waals surface area contributed by atoms with E-state index in [1.165, 1.54) is 72.0 Å². The fraction of sp³-hybridized carbons (Fsp3) is 0.0943. The van der Waals surface area contributed by atoms with Crippen LogP contribution in [-0.2, 0) is 5.41 Å². The Morgan fingerprint density at radius 2 is 1.09 bits per heavy atom. The Hall–Kier alpha value is -6.32. The second-order valence-electron chi connectivity index (χ2n) is 15.1. The molecule has 2 heteroatoms. The summed E-state index contributed by atoms with van der Waals surface area (Å²) in [6, 6.07) is 67.4. The molecule has 0 saturated heterocycles. The van der Waals surface area contributed by atoms with Gasteiger partial charge in [0, 0.05) is 5.41 Å². The van der Waals surface area contributed by atoms with Gasteiger partial charge in [-0.05, 0) is 101 Å². The number of hydrogen-bond donors (Lipinski definition) is 2. The molecule has 8 aromatic carbocycles. The minimum Gasteiger partial charge on any atom is -0.312 e. The van der Waals surface area contributed by atoms with E-state index in [0.29, 0.717) is 0 Å². The smallest absolute Gasteiger partial charge is 0.0817 e. The Bertz CT molecular complexity index is 2640. The first-order valence-corrected chi connectivity index (χ1v) is 19.2. The van der Waals surface area contributed by atoms with Crippen LogP contribution in [0.25, 0.3) is 61.4 Å². The molecule has 266 valence electrons. The van der Waals surface area contributed by atoms with Crippen LogP contribution in [0.4, 0.5) is 0 Å². The monoisotopic (exact) mass is 708 g/mol. The van der Waals surface area contributed by atoms with Gasteiger partial charge in [0.15, 0.2) is 0 Å². The normalized spacial score (nSPS) is 14.1. The van der Waals surface area contributed by atoms with Gasteiger partial charge < -0.3 is 5.73 Å². The molecule has 0 aromatic heterocycles. The molecular weight excluding hydrogens is 665 g/mol. The van der Waals surface area contributed by atoms with Crippen LogP contribution in [0.15, 0.2) is 194 Å². The summed E-state index contributed by atoms with van der Waals surface area (Å²) in [6.45, 7) is 4.72. The van der Waals surface area contributed by atoms with Crippen LogP contribution in [0.3, 0.4) is 0 Å². The van der Waals surface area contributed by atoms with E-state index < -0.39 is 0 Å². The topological polar surface area (TPSA) is 38.0 Å². The fourth-order valence-electron chi connectivity index (χ4n) is 8.40. The van der Waals surface area contributed by atoms with E-state index in [9.17, 15) is 0 Å². The highest BCUT2D eigenvalue weighted by molar-refractivity contribution is 5.98. The quantitative estimate of drug-likeness (QED) is 0.147. The lowest BCUT2D eigenvalue weighted by atomic mass is 9.81. The summed E-state index contributed by atoms with van der Waals surface area (Å²) in [7, 11) is 0. The standard InChI is InChI=1S/C53H44N2/c1-53(2)48-24-14-23-44(51(48)47-34-41-21-12-13-22-42(41)35-49(47)53)39-28-25-36(26-29-39)27-32-50(55-52(54)40-19-10-5-11-20-40)45-31-30-43(37-15-6-3-7-16-37)33-46(45)38-17-8-4-9-18-38/h3-35,50,52,55H,54H2,1-2H3/b32-27+. The van der Waals surface area contributed by atoms with Crippen LogP contribution in [0.2, 0.25) is 0 Å². The van der Waals surface area contributed by atoms with Crippen molar-refractivity contribution < 1.29 is 0 Å². The molecule has 0 amide bonds. The van der Waals surface area contributed by atoms with Crippen molar-refractivity contribution in [1.29, 1.82) is 0 Å². The molecule has 0 radical (unpaired) electrons. The average Bonchev–Trinajstić information content (AvgIpc) is 3.47. The van der Waals surface area contributed by atoms with Gasteiger partial charge in [-0.2, -0.15) is 0 Å². The number of nitrogens with two attached hydrogens (primary N) is 1. The van der Waals surface area contributed by atoms with Crippen molar-refractivity contribution in [3.05, 3.63) is 222 Å². The van der Waals surface area contributed by atoms with E-state index in [4.69, 9.17) is 5.73 Å². The molecule has 55 heavy (non-hydrogen) atoms. The molecular formula is C53H44N2. The summed E-state index contributed by atoms with van der Waals surface area (Å²) in [5.74, 6) is 0. The number of hydrogen-bond acceptors (Lipinski definition) is 2. The van der Waals surface area contributed by atoms with Gasteiger partial charge in [-0.1, -0.05) is 196 Å². The molecule has 1 aliphatic carbocycles. The highest BCUT2D eigenvalue weighted by atomic mass is 15.0. The van der Waals surface area contributed by atoms with E-state index in [0.717, 1.165) is 11.1 Å². The predicted molar refractivity (Wildman–Crippen MR) is 233 cm³/mol. The van der Waals surface area contributed by atoms with Gasteiger partial charge in [0.05, 0.1) is 12.2 Å². The van der Waals surface area contributed by atoms with Crippen molar-refractivity contribution in [2.75, 3.05) is 0 Å². The maximum absolute atomic E-state index is 6.88. The highest BCUT2D eigenvalue weighted by Gasteiger charge is 2.37. The third-order valence-corrected chi connectivity index (χ3v) is 11.4. The van der Waals surface area contributed by atoms with Crippen LogP contribution in [0.1, 0.15) is 53.9 Å². The van der Waals surface area contributed by atoms with Crippen LogP contribution in [0, 0.1) is 0 Å². The van der Waals surface area contributed by atoms with Gasteiger partial charge >= 0.3 is 0 Å². The van der Waals surface area contributed by atoms with Gasteiger partial charge in [-0.3, -0.25) is 5.32 Å². The van der Waals surface area contributed by atoms with Gasteiger partial charge in [0.2, 0.25) is 0 Å². The molecule has 2 unspecified atom stereocenters. The zero-order chi connectivity index (χ0) is 37.4. The minimum absolute atomic E-state index is 0.0755. The van der Waals surface area contributed by atoms with Crippen molar-refractivity contribution in [2.45, 2.75) is 31.5 Å². The Labute approximate surface area is 324 Å². The largest absolute Gasteiger partial charge is 0.312 e. The number of benzene rings is 8. The summed E-state index contributed by atoms with van der Waals surface area (Å²) in [5.41, 5.74) is 22.8. The molecule has 0 bridgehead atoms. The summed E-state index contributed by atoms with van der Waals surface area (Å²) >= 11 is 0. The molecule has 2 atom stereocenters. The summed E-state index contributed by atoms with van der Waals surface area (Å²) in [5, 5.41) is 6.35. The molecule has 1 aliphatic rings. The third kappa shape index (κ3) is 6.61. The molecule has 0 spiro atoms. The van der Waals surface area contributed by atoms with Gasteiger partial charge in [0.25, 0.3) is 0 Å². The van der Waals surface area contributed by atoms with Gasteiger partial charge in [-0.15, -0.1) is 0 Å². The second-order valence-corrected chi connectivity index (χ2v) is 15.1. The Morgan fingerprint density at radius 1 is 0.491 bits per heavy atom. The van der Waals surface area contributed by atoms with E-state index in [1.54, 1.807) is 0 Å². The SMILES string of the molecule is CC1(C)c2cc3ccccc3cc2-c2c(-c3ccc(/C=C/C(NC(N)c4ccccc4)c4ccc(-c5ccccc5)cc4-c4ccccc4)cc3)cccc21. The molecule has 0 fully saturated rings. The summed E-state index contributed by atoms with van der Waals surface area (Å²) in [4.78, 5) is 0. The van der Waals surface area contributed by atoms with E-state index in [1.807, 2.05) is 18.2 Å². The zero-order valence-corrected chi connectivity index (χ0v) is 31.3. The summed E-state index contributed by atoms with van der Waals surface area (Å²) < 4.78 is 0. The first kappa shape index (κ1) is 34.4. The number of rotatable bonds is 9. The molecule has 3 N–H and O–H groups in total. The van der Waals surface area contributed by atoms with E-state index >= 15 is 0 Å². The van der Waals surface area contributed by atoms with Crippen LogP contribution in [0.5, 0.6) is 0 Å². The third-order valence-electron chi connectivity index (χ3n) is 11.4. The maximum Gasteiger partial charge on any atom is 0.0817 e. The average molecular weight is 709 g/mol. The van der Waals surface area contributed by atoms with Gasteiger partial charge in [0.1, 0.15) is 0 Å². The van der Waals surface area contributed by atoms with Crippen LogP contribution < -0.4 is 11.1 Å². The molecule has 8 aromatic rings. The molecule has 0 saturated carbocycles.